The van der Waals surface area contributed by atoms with Gasteiger partial charge in [0.05, 0.1) is 11.8 Å². The third-order valence-corrected chi connectivity index (χ3v) is 3.98. The molecule has 0 spiro atoms. The molecule has 0 aliphatic carbocycles. The fraction of sp³-hybridized carbons (Fsp3) is 0.357. The van der Waals surface area contributed by atoms with Crippen molar-refractivity contribution in [3.05, 3.63) is 51.2 Å². The van der Waals surface area contributed by atoms with Crippen LogP contribution in [0.3, 0.4) is 0 Å². The summed E-state index contributed by atoms with van der Waals surface area (Å²) in [6, 6.07) is 5.55. The highest BCUT2D eigenvalue weighted by Crippen LogP contribution is 2.33. The molecule has 0 aliphatic rings. The fourth-order valence-corrected chi connectivity index (χ4v) is 2.93. The summed E-state index contributed by atoms with van der Waals surface area (Å²) in [5, 5.41) is 15.3. The lowest BCUT2D eigenvalue weighted by molar-refractivity contribution is 0.0481. The van der Waals surface area contributed by atoms with E-state index < -0.39 is 5.60 Å². The monoisotopic (exact) mass is 342 g/mol. The Morgan fingerprint density at radius 3 is 2.79 bits per heavy atom. The van der Waals surface area contributed by atoms with Crippen LogP contribution < -0.4 is 0 Å². The molecule has 1 unspecified atom stereocenters. The van der Waals surface area contributed by atoms with E-state index in [1.54, 1.807) is 17.7 Å². The zero-order chi connectivity index (χ0) is 14.0. The largest absolute Gasteiger partial charge is 0.385 e. The summed E-state index contributed by atoms with van der Waals surface area (Å²) in [7, 11) is 1.88. The van der Waals surface area contributed by atoms with Gasteiger partial charge in [-0.2, -0.15) is 5.10 Å². The minimum absolute atomic E-state index is 0.575. The van der Waals surface area contributed by atoms with Crippen LogP contribution in [0.4, 0.5) is 0 Å². The normalized spacial score (nSPS) is 14.4. The first-order chi connectivity index (χ1) is 8.88. The Balaban J connectivity index is 2.13. The van der Waals surface area contributed by atoms with Crippen LogP contribution in [0.2, 0.25) is 5.02 Å². The van der Waals surface area contributed by atoms with E-state index in [-0.39, 0.29) is 0 Å². The predicted molar refractivity (Wildman–Crippen MR) is 80.3 cm³/mol. The van der Waals surface area contributed by atoms with Gasteiger partial charge in [-0.15, -0.1) is 0 Å². The predicted octanol–water partition coefficient (Wildman–Crippen LogP) is 3.68. The quantitative estimate of drug-likeness (QED) is 0.919. The van der Waals surface area contributed by atoms with E-state index >= 15 is 0 Å². The molecule has 2 rings (SSSR count). The summed E-state index contributed by atoms with van der Waals surface area (Å²) < 4.78 is 2.67. The zero-order valence-electron chi connectivity index (χ0n) is 10.9. The summed E-state index contributed by atoms with van der Waals surface area (Å²) in [6.07, 6.45) is 5.13. The number of hydrogen-bond acceptors (Lipinski definition) is 2. The Labute approximate surface area is 126 Å². The molecule has 0 aliphatic heterocycles. The fourth-order valence-electron chi connectivity index (χ4n) is 2.05. The highest BCUT2D eigenvalue weighted by Gasteiger charge is 2.25. The maximum atomic E-state index is 10.6. The Morgan fingerprint density at radius 2 is 2.21 bits per heavy atom. The third-order valence-electron chi connectivity index (χ3n) is 3.17. The SMILES string of the molecule is Cn1cc(CCC(C)(O)c2ccc(Br)cc2Cl)cn1. The first kappa shape index (κ1) is 14.6. The minimum Gasteiger partial charge on any atom is -0.385 e. The molecule has 0 saturated carbocycles. The highest BCUT2D eigenvalue weighted by molar-refractivity contribution is 9.10. The van der Waals surface area contributed by atoms with Crippen molar-refractivity contribution in [2.45, 2.75) is 25.4 Å². The van der Waals surface area contributed by atoms with Crippen LogP contribution in [0, 0.1) is 0 Å². The number of benzene rings is 1. The maximum absolute atomic E-state index is 10.6. The lowest BCUT2D eigenvalue weighted by Gasteiger charge is -2.25. The van der Waals surface area contributed by atoms with Gasteiger partial charge in [0.25, 0.3) is 0 Å². The van der Waals surface area contributed by atoms with Gasteiger partial charge in [0, 0.05) is 28.3 Å². The number of rotatable bonds is 4. The van der Waals surface area contributed by atoms with Crippen molar-refractivity contribution >= 4 is 27.5 Å². The Bertz CT molecular complexity index is 581. The van der Waals surface area contributed by atoms with Gasteiger partial charge < -0.3 is 5.11 Å². The van der Waals surface area contributed by atoms with E-state index in [2.05, 4.69) is 21.0 Å². The van der Waals surface area contributed by atoms with Crippen LogP contribution in [0.5, 0.6) is 0 Å². The van der Waals surface area contributed by atoms with Crippen molar-refractivity contribution in [3.63, 3.8) is 0 Å². The molecule has 102 valence electrons. The molecule has 0 amide bonds. The third kappa shape index (κ3) is 3.59. The van der Waals surface area contributed by atoms with Gasteiger partial charge >= 0.3 is 0 Å². The van der Waals surface area contributed by atoms with Crippen molar-refractivity contribution in [1.82, 2.24) is 9.78 Å². The van der Waals surface area contributed by atoms with Crippen molar-refractivity contribution in [1.29, 1.82) is 0 Å². The standard InChI is InChI=1S/C14H16BrClN2O/c1-14(19,6-5-10-8-17-18(2)9-10)12-4-3-11(15)7-13(12)16/h3-4,7-9,19H,5-6H2,1-2H3. The zero-order valence-corrected chi connectivity index (χ0v) is 13.2. The lowest BCUT2D eigenvalue weighted by atomic mass is 9.90. The van der Waals surface area contributed by atoms with E-state index in [1.165, 1.54) is 0 Å². The highest BCUT2D eigenvalue weighted by atomic mass is 79.9. The summed E-state index contributed by atoms with van der Waals surface area (Å²) in [4.78, 5) is 0. The minimum atomic E-state index is -0.951. The van der Waals surface area contributed by atoms with Crippen LogP contribution in [0.15, 0.2) is 35.1 Å². The maximum Gasteiger partial charge on any atom is 0.0886 e. The second-order valence-electron chi connectivity index (χ2n) is 4.92. The van der Waals surface area contributed by atoms with Crippen LogP contribution >= 0.6 is 27.5 Å². The topological polar surface area (TPSA) is 38.0 Å². The van der Waals surface area contributed by atoms with Crippen LogP contribution in [0.25, 0.3) is 0 Å². The van der Waals surface area contributed by atoms with Gasteiger partial charge in [-0.05, 0) is 37.5 Å². The number of aliphatic hydroxyl groups is 1. The molecule has 5 heteroatoms. The van der Waals surface area contributed by atoms with Crippen LogP contribution in [-0.4, -0.2) is 14.9 Å². The smallest absolute Gasteiger partial charge is 0.0886 e. The molecule has 3 nitrogen and oxygen atoms in total. The van der Waals surface area contributed by atoms with E-state index in [4.69, 9.17) is 11.6 Å². The summed E-state index contributed by atoms with van der Waals surface area (Å²) >= 11 is 9.56. The van der Waals surface area contributed by atoms with Gasteiger partial charge in [0.15, 0.2) is 0 Å². The van der Waals surface area contributed by atoms with Crippen LogP contribution in [-0.2, 0) is 19.1 Å². The summed E-state index contributed by atoms with van der Waals surface area (Å²) in [5.74, 6) is 0. The number of aromatic nitrogens is 2. The molecular weight excluding hydrogens is 328 g/mol. The summed E-state index contributed by atoms with van der Waals surface area (Å²) in [6.45, 7) is 1.79. The molecular formula is C14H16BrClN2O. The number of aryl methyl sites for hydroxylation is 2. The Kier molecular flexibility index (Phi) is 4.33. The van der Waals surface area contributed by atoms with E-state index in [1.807, 2.05) is 31.6 Å². The first-order valence-electron chi connectivity index (χ1n) is 6.04. The molecule has 0 radical (unpaired) electrons. The molecule has 1 aromatic heterocycles. The van der Waals surface area contributed by atoms with Crippen LogP contribution in [0.1, 0.15) is 24.5 Å². The number of nitrogens with zero attached hydrogens (tertiary/aromatic N) is 2. The average Bonchev–Trinajstić information content (AvgIpc) is 2.72. The number of halogens is 2. The Morgan fingerprint density at radius 1 is 1.47 bits per heavy atom. The molecule has 1 atom stereocenters. The average molecular weight is 344 g/mol. The molecule has 1 N–H and O–H groups in total. The van der Waals surface area contributed by atoms with E-state index in [9.17, 15) is 5.11 Å². The Hall–Kier alpha value is -0.840. The molecule has 0 saturated heterocycles. The second kappa shape index (κ2) is 5.65. The second-order valence-corrected chi connectivity index (χ2v) is 6.24. The van der Waals surface area contributed by atoms with Gasteiger partial charge in [-0.3, -0.25) is 4.68 Å². The molecule has 2 aromatic rings. The van der Waals surface area contributed by atoms with Gasteiger partial charge in [0.1, 0.15) is 0 Å². The summed E-state index contributed by atoms with van der Waals surface area (Å²) in [5.41, 5.74) is 0.908. The molecule has 0 fully saturated rings. The van der Waals surface area contributed by atoms with Gasteiger partial charge in [-0.25, -0.2) is 0 Å². The molecule has 1 heterocycles. The van der Waals surface area contributed by atoms with Crippen molar-refractivity contribution < 1.29 is 5.11 Å². The first-order valence-corrected chi connectivity index (χ1v) is 7.21. The van der Waals surface area contributed by atoms with E-state index in [0.717, 1.165) is 22.0 Å². The van der Waals surface area contributed by atoms with Gasteiger partial charge in [-0.1, -0.05) is 33.6 Å². The van der Waals surface area contributed by atoms with E-state index in [0.29, 0.717) is 11.4 Å². The molecule has 0 bridgehead atoms. The number of hydrogen-bond donors (Lipinski definition) is 1. The van der Waals surface area contributed by atoms with Crippen molar-refractivity contribution in [2.24, 2.45) is 7.05 Å². The molecule has 19 heavy (non-hydrogen) atoms. The van der Waals surface area contributed by atoms with Crippen molar-refractivity contribution in [3.8, 4) is 0 Å². The van der Waals surface area contributed by atoms with Crippen molar-refractivity contribution in [2.75, 3.05) is 0 Å². The molecule has 1 aromatic carbocycles. The lowest BCUT2D eigenvalue weighted by Crippen LogP contribution is -2.22. The van der Waals surface area contributed by atoms with Gasteiger partial charge in [0.2, 0.25) is 0 Å².